The minimum absolute atomic E-state index is 0.129. The number of anilines is 1. The summed E-state index contributed by atoms with van der Waals surface area (Å²) in [7, 11) is 0. The van der Waals surface area contributed by atoms with Gasteiger partial charge in [0.2, 0.25) is 16.9 Å². The molecule has 4 rings (SSSR count). The second-order valence-electron chi connectivity index (χ2n) is 7.79. The highest BCUT2D eigenvalue weighted by molar-refractivity contribution is 7.99. The van der Waals surface area contributed by atoms with Crippen LogP contribution >= 0.6 is 11.8 Å². The Labute approximate surface area is 190 Å². The van der Waals surface area contributed by atoms with Crippen molar-refractivity contribution in [3.63, 3.8) is 0 Å². The van der Waals surface area contributed by atoms with Gasteiger partial charge in [-0.05, 0) is 30.5 Å². The van der Waals surface area contributed by atoms with Gasteiger partial charge in [0.15, 0.2) is 0 Å². The van der Waals surface area contributed by atoms with Crippen molar-refractivity contribution in [2.45, 2.75) is 31.8 Å². The number of H-pyrrole nitrogens is 1. The van der Waals surface area contributed by atoms with E-state index >= 15 is 0 Å². The maximum absolute atomic E-state index is 12.5. The molecule has 2 aromatic carbocycles. The molecular weight excluding hydrogens is 422 g/mol. The van der Waals surface area contributed by atoms with Crippen molar-refractivity contribution in [1.82, 2.24) is 25.1 Å². The summed E-state index contributed by atoms with van der Waals surface area (Å²) < 4.78 is 1.37. The normalized spacial score (nSPS) is 11.1. The second-order valence-corrected chi connectivity index (χ2v) is 8.73. The zero-order chi connectivity index (χ0) is 22.7. The Balaban J connectivity index is 1.43. The first kappa shape index (κ1) is 21.6. The molecule has 0 spiro atoms. The van der Waals surface area contributed by atoms with Crippen LogP contribution in [0.1, 0.15) is 30.9 Å². The van der Waals surface area contributed by atoms with Crippen molar-refractivity contribution in [3.05, 3.63) is 65.7 Å². The second kappa shape index (κ2) is 9.27. The van der Waals surface area contributed by atoms with Crippen LogP contribution in [0.15, 0.2) is 59.8 Å². The zero-order valence-corrected chi connectivity index (χ0v) is 19.0. The average Bonchev–Trinajstić information content (AvgIpc) is 3.40. The van der Waals surface area contributed by atoms with E-state index in [4.69, 9.17) is 5.84 Å². The molecular formula is C23H25N7OS. The van der Waals surface area contributed by atoms with Crippen molar-refractivity contribution in [2.75, 3.05) is 16.9 Å². The molecule has 9 heteroatoms. The lowest BCUT2D eigenvalue weighted by atomic mass is 10.0. The Hall–Kier alpha value is -3.59. The molecule has 1 amide bonds. The highest BCUT2D eigenvalue weighted by Crippen LogP contribution is 2.26. The smallest absolute Gasteiger partial charge is 0.234 e. The lowest BCUT2D eigenvalue weighted by Gasteiger charge is -2.13. The van der Waals surface area contributed by atoms with Crippen LogP contribution in [0.2, 0.25) is 0 Å². The van der Waals surface area contributed by atoms with Gasteiger partial charge in [-0.15, -0.1) is 10.2 Å². The molecule has 2 heterocycles. The van der Waals surface area contributed by atoms with Gasteiger partial charge < -0.3 is 11.2 Å². The van der Waals surface area contributed by atoms with E-state index in [1.54, 1.807) is 0 Å². The Morgan fingerprint density at radius 1 is 1.16 bits per heavy atom. The van der Waals surface area contributed by atoms with Crippen molar-refractivity contribution in [2.24, 2.45) is 0 Å². The summed E-state index contributed by atoms with van der Waals surface area (Å²) in [5, 5.41) is 19.0. The molecule has 0 aliphatic carbocycles. The number of para-hydroxylation sites is 1. The minimum atomic E-state index is -0.129. The molecule has 4 N–H and O–H groups in total. The largest absolute Gasteiger partial charge is 0.335 e. The molecule has 164 valence electrons. The van der Waals surface area contributed by atoms with E-state index < -0.39 is 0 Å². The molecule has 8 nitrogen and oxygen atoms in total. The Kier molecular flexibility index (Phi) is 6.27. The monoisotopic (exact) mass is 447 g/mol. The van der Waals surface area contributed by atoms with E-state index in [0.717, 1.165) is 22.5 Å². The van der Waals surface area contributed by atoms with Crippen molar-refractivity contribution in [1.29, 1.82) is 0 Å². The third kappa shape index (κ3) is 4.67. The van der Waals surface area contributed by atoms with Gasteiger partial charge in [0.05, 0.1) is 11.4 Å². The SMILES string of the molecule is Cc1ccc(-c2cc(-c3nnc(SCC(=O)Nc4ccccc4C(C)C)n3N)[nH]n2)cc1. The van der Waals surface area contributed by atoms with Crippen molar-refractivity contribution in [3.8, 4) is 22.8 Å². The van der Waals surface area contributed by atoms with Gasteiger partial charge in [-0.3, -0.25) is 9.89 Å². The summed E-state index contributed by atoms with van der Waals surface area (Å²) in [5.74, 6) is 7.00. The lowest BCUT2D eigenvalue weighted by molar-refractivity contribution is -0.113. The number of carbonyl (C=O) groups is 1. The molecule has 0 radical (unpaired) electrons. The van der Waals surface area contributed by atoms with Gasteiger partial charge in [0.25, 0.3) is 0 Å². The standard InChI is InChI=1S/C23H25N7OS/c1-14(2)17-6-4-5-7-18(17)25-21(31)13-32-23-29-28-22(30(23)24)20-12-19(26-27-20)16-10-8-15(3)9-11-16/h4-12,14H,13,24H2,1-3H3,(H,25,31)(H,26,27). The van der Waals surface area contributed by atoms with E-state index in [-0.39, 0.29) is 11.7 Å². The van der Waals surface area contributed by atoms with Crippen LogP contribution < -0.4 is 11.2 Å². The number of hydrogen-bond acceptors (Lipinski definition) is 6. The van der Waals surface area contributed by atoms with Crippen LogP contribution in [-0.2, 0) is 4.79 Å². The van der Waals surface area contributed by atoms with Crippen molar-refractivity contribution >= 4 is 23.4 Å². The average molecular weight is 448 g/mol. The molecule has 0 saturated carbocycles. The Bertz CT molecular complexity index is 1230. The number of hydrogen-bond donors (Lipinski definition) is 3. The van der Waals surface area contributed by atoms with Crippen LogP contribution in [0.5, 0.6) is 0 Å². The topological polar surface area (TPSA) is 115 Å². The highest BCUT2D eigenvalue weighted by Gasteiger charge is 2.17. The van der Waals surface area contributed by atoms with Gasteiger partial charge in [0.1, 0.15) is 5.69 Å². The van der Waals surface area contributed by atoms with E-state index in [0.29, 0.717) is 22.6 Å². The lowest BCUT2D eigenvalue weighted by Crippen LogP contribution is -2.17. The van der Waals surface area contributed by atoms with Gasteiger partial charge in [0, 0.05) is 11.3 Å². The number of aromatic amines is 1. The van der Waals surface area contributed by atoms with E-state index in [2.05, 4.69) is 39.6 Å². The number of amides is 1. The van der Waals surface area contributed by atoms with E-state index in [1.165, 1.54) is 22.0 Å². The number of nitrogens with one attached hydrogen (secondary N) is 2. The number of rotatable bonds is 7. The number of benzene rings is 2. The van der Waals surface area contributed by atoms with Crippen LogP contribution in [0, 0.1) is 6.92 Å². The van der Waals surface area contributed by atoms with Crippen molar-refractivity contribution < 1.29 is 4.79 Å². The number of aromatic nitrogens is 5. The van der Waals surface area contributed by atoms with Gasteiger partial charge >= 0.3 is 0 Å². The predicted molar refractivity (Wildman–Crippen MR) is 128 cm³/mol. The fourth-order valence-corrected chi connectivity index (χ4v) is 3.95. The molecule has 0 unspecified atom stereocenters. The van der Waals surface area contributed by atoms with E-state index in [1.807, 2.05) is 61.5 Å². The first-order valence-electron chi connectivity index (χ1n) is 10.3. The fourth-order valence-electron chi connectivity index (χ4n) is 3.30. The molecule has 0 saturated heterocycles. The van der Waals surface area contributed by atoms with Gasteiger partial charge in [-0.25, -0.2) is 4.68 Å². The molecule has 0 aliphatic rings. The van der Waals surface area contributed by atoms with Crippen LogP contribution in [0.3, 0.4) is 0 Å². The highest BCUT2D eigenvalue weighted by atomic mass is 32.2. The summed E-state index contributed by atoms with van der Waals surface area (Å²) in [6, 6.07) is 17.8. The molecule has 0 aliphatic heterocycles. The number of thioether (sulfide) groups is 1. The molecule has 4 aromatic rings. The first-order chi connectivity index (χ1) is 15.4. The van der Waals surface area contributed by atoms with Crippen LogP contribution in [0.4, 0.5) is 5.69 Å². The zero-order valence-electron chi connectivity index (χ0n) is 18.2. The quantitative estimate of drug-likeness (QED) is 0.289. The summed E-state index contributed by atoms with van der Waals surface area (Å²) in [6.45, 7) is 6.23. The first-order valence-corrected chi connectivity index (χ1v) is 11.3. The predicted octanol–water partition coefficient (Wildman–Crippen LogP) is 4.21. The van der Waals surface area contributed by atoms with Gasteiger partial charge in [-0.1, -0.05) is 73.6 Å². The Morgan fingerprint density at radius 2 is 1.91 bits per heavy atom. The third-order valence-electron chi connectivity index (χ3n) is 5.02. The number of nitrogens with zero attached hydrogens (tertiary/aromatic N) is 4. The van der Waals surface area contributed by atoms with Crippen LogP contribution in [-0.4, -0.2) is 36.7 Å². The number of aryl methyl sites for hydroxylation is 1. The minimum Gasteiger partial charge on any atom is -0.335 e. The molecule has 0 bridgehead atoms. The molecule has 2 aromatic heterocycles. The van der Waals surface area contributed by atoms with Crippen LogP contribution in [0.25, 0.3) is 22.8 Å². The number of nitrogens with two attached hydrogens (primary N) is 1. The molecule has 0 fully saturated rings. The Morgan fingerprint density at radius 3 is 2.66 bits per heavy atom. The summed E-state index contributed by atoms with van der Waals surface area (Å²) in [5.41, 5.74) is 5.54. The third-order valence-corrected chi connectivity index (χ3v) is 5.96. The maximum atomic E-state index is 12.5. The number of carbonyl (C=O) groups excluding carboxylic acids is 1. The maximum Gasteiger partial charge on any atom is 0.234 e. The van der Waals surface area contributed by atoms with E-state index in [9.17, 15) is 4.79 Å². The summed E-state index contributed by atoms with van der Waals surface area (Å²) in [4.78, 5) is 12.5. The molecule has 32 heavy (non-hydrogen) atoms. The number of nitrogen functional groups attached to an aromatic ring is 1. The molecule has 0 atom stereocenters. The summed E-state index contributed by atoms with van der Waals surface area (Å²) in [6.07, 6.45) is 0. The summed E-state index contributed by atoms with van der Waals surface area (Å²) >= 11 is 1.23. The van der Waals surface area contributed by atoms with Gasteiger partial charge in [-0.2, -0.15) is 5.10 Å². The fraction of sp³-hybridized carbons (Fsp3) is 0.217.